The van der Waals surface area contributed by atoms with Gasteiger partial charge in [0.15, 0.2) is 0 Å². The number of benzene rings is 1. The number of aromatic nitrogens is 2. The first-order chi connectivity index (χ1) is 15.8. The van der Waals surface area contributed by atoms with Crippen LogP contribution in [0.15, 0.2) is 54.9 Å². The van der Waals surface area contributed by atoms with E-state index in [0.29, 0.717) is 34.1 Å². The van der Waals surface area contributed by atoms with Gasteiger partial charge < -0.3 is 15.2 Å². The van der Waals surface area contributed by atoms with E-state index in [1.165, 1.54) is 11.3 Å². The Morgan fingerprint density at radius 2 is 2.00 bits per heavy atom. The first kappa shape index (κ1) is 21.8. The zero-order valence-corrected chi connectivity index (χ0v) is 19.7. The van der Waals surface area contributed by atoms with Crippen LogP contribution in [0, 0.1) is 0 Å². The highest BCUT2D eigenvalue weighted by molar-refractivity contribution is 7.21. The van der Waals surface area contributed by atoms with E-state index >= 15 is 0 Å². The molecule has 0 saturated carbocycles. The minimum Gasteiger partial charge on any atom is -0.493 e. The van der Waals surface area contributed by atoms with Gasteiger partial charge in [-0.05, 0) is 43.7 Å². The van der Waals surface area contributed by atoms with Gasteiger partial charge in [0.05, 0.1) is 28.5 Å². The molecule has 1 amide bonds. The van der Waals surface area contributed by atoms with Gasteiger partial charge in [-0.1, -0.05) is 29.8 Å². The summed E-state index contributed by atoms with van der Waals surface area (Å²) >= 11 is 7.44. The molecule has 6 nitrogen and oxygen atoms in total. The summed E-state index contributed by atoms with van der Waals surface area (Å²) in [6.45, 7) is 3.88. The van der Waals surface area contributed by atoms with Crippen molar-refractivity contribution < 1.29 is 14.6 Å². The number of thiophene rings is 1. The molecule has 1 aliphatic rings. The van der Waals surface area contributed by atoms with Crippen LogP contribution in [0.4, 0.5) is 0 Å². The first-order valence-corrected chi connectivity index (χ1v) is 11.8. The summed E-state index contributed by atoms with van der Waals surface area (Å²) in [6.07, 6.45) is 4.00. The number of aliphatic hydroxyl groups is 1. The Bertz CT molecular complexity index is 1360. The lowest BCUT2D eigenvalue weighted by Crippen LogP contribution is -2.33. The van der Waals surface area contributed by atoms with Gasteiger partial charge in [0.25, 0.3) is 5.91 Å². The van der Waals surface area contributed by atoms with Crippen LogP contribution in [-0.2, 0) is 5.60 Å². The van der Waals surface area contributed by atoms with Crippen molar-refractivity contribution in [1.82, 2.24) is 15.3 Å². The number of pyridine rings is 2. The largest absolute Gasteiger partial charge is 0.493 e. The van der Waals surface area contributed by atoms with Gasteiger partial charge in [0, 0.05) is 35.5 Å². The number of amides is 1. The van der Waals surface area contributed by atoms with E-state index in [1.807, 2.05) is 36.4 Å². The summed E-state index contributed by atoms with van der Waals surface area (Å²) < 4.78 is 6.54. The van der Waals surface area contributed by atoms with Crippen molar-refractivity contribution in [3.63, 3.8) is 0 Å². The molecule has 1 atom stereocenters. The Kier molecular flexibility index (Phi) is 5.56. The second-order valence-electron chi connectivity index (χ2n) is 8.47. The number of carbonyl (C=O) groups excluding carboxylic acids is 1. The number of ether oxygens (including phenoxy) is 1. The zero-order valence-electron chi connectivity index (χ0n) is 18.1. The number of nitrogens with zero attached hydrogens (tertiary/aromatic N) is 2. The van der Waals surface area contributed by atoms with E-state index in [0.717, 1.165) is 27.1 Å². The highest BCUT2D eigenvalue weighted by atomic mass is 35.5. The van der Waals surface area contributed by atoms with Gasteiger partial charge >= 0.3 is 0 Å². The number of nitrogens with one attached hydrogen (secondary N) is 1. The zero-order chi connectivity index (χ0) is 23.2. The van der Waals surface area contributed by atoms with E-state index in [4.69, 9.17) is 16.3 Å². The second kappa shape index (κ2) is 8.41. The number of rotatable bonds is 4. The Hall–Kier alpha value is -3.00. The van der Waals surface area contributed by atoms with E-state index in [1.54, 1.807) is 32.3 Å². The molecule has 3 aromatic heterocycles. The van der Waals surface area contributed by atoms with Crippen molar-refractivity contribution in [3.05, 3.63) is 76.0 Å². The molecule has 4 heterocycles. The van der Waals surface area contributed by atoms with Gasteiger partial charge in [-0.2, -0.15) is 0 Å². The molecule has 0 radical (unpaired) electrons. The van der Waals surface area contributed by atoms with Crippen LogP contribution >= 0.6 is 22.9 Å². The van der Waals surface area contributed by atoms with Crippen molar-refractivity contribution in [1.29, 1.82) is 0 Å². The highest BCUT2D eigenvalue weighted by Crippen LogP contribution is 2.42. The molecule has 0 spiro atoms. The lowest BCUT2D eigenvalue weighted by molar-refractivity contribution is 0.0760. The topological polar surface area (TPSA) is 84.3 Å². The average Bonchev–Trinajstić information content (AvgIpc) is 3.20. The number of para-hydroxylation sites is 1. The fourth-order valence-corrected chi connectivity index (χ4v) is 5.76. The van der Waals surface area contributed by atoms with Crippen LogP contribution in [0.2, 0.25) is 5.15 Å². The normalized spacial score (nSPS) is 15.7. The Labute approximate surface area is 200 Å². The summed E-state index contributed by atoms with van der Waals surface area (Å²) in [7, 11) is 0. The number of hydrogen-bond acceptors (Lipinski definition) is 6. The molecule has 8 heteroatoms. The third-order valence-electron chi connectivity index (χ3n) is 5.69. The van der Waals surface area contributed by atoms with Crippen LogP contribution in [-0.4, -0.2) is 27.6 Å². The molecule has 0 saturated heterocycles. The predicted molar refractivity (Wildman–Crippen MR) is 130 cm³/mol. The maximum absolute atomic E-state index is 13.6. The molecule has 0 fully saturated rings. The lowest BCUT2D eigenvalue weighted by Gasteiger charge is -2.27. The molecule has 1 aromatic carbocycles. The van der Waals surface area contributed by atoms with Crippen LogP contribution in [0.1, 0.15) is 47.1 Å². The maximum atomic E-state index is 13.6. The number of hydrogen-bond donors (Lipinski definition) is 2. The standard InChI is InChI=1S/C25H22ClN3O3S/c1-25(2,31)20-21-22(15(8-11-28-21)14-7-10-27-19(26)13-14)33-23(20)24(30)29-17-9-12-32-18-6-4-3-5-16(17)18/h3-8,10-11,13,17,31H,9,12H2,1-2H3,(H,29,30)/t17-/m0/s1. The molecule has 5 rings (SSSR count). The van der Waals surface area contributed by atoms with Crippen LogP contribution < -0.4 is 10.1 Å². The highest BCUT2D eigenvalue weighted by Gasteiger charge is 2.32. The summed E-state index contributed by atoms with van der Waals surface area (Å²) in [5, 5.41) is 14.5. The number of halogens is 1. The molecule has 168 valence electrons. The van der Waals surface area contributed by atoms with Crippen LogP contribution in [0.25, 0.3) is 21.3 Å². The van der Waals surface area contributed by atoms with E-state index < -0.39 is 5.60 Å². The SMILES string of the molecule is CC(C)(O)c1c(C(=O)N[C@H]2CCOc3ccccc32)sc2c(-c3ccnc(Cl)c3)ccnc12. The van der Waals surface area contributed by atoms with Crippen molar-refractivity contribution in [2.45, 2.75) is 31.9 Å². The van der Waals surface area contributed by atoms with Gasteiger partial charge in [0.2, 0.25) is 0 Å². The molecule has 2 N–H and O–H groups in total. The maximum Gasteiger partial charge on any atom is 0.262 e. The summed E-state index contributed by atoms with van der Waals surface area (Å²) in [5.74, 6) is 0.544. The average molecular weight is 480 g/mol. The van der Waals surface area contributed by atoms with Crippen molar-refractivity contribution in [2.75, 3.05) is 6.61 Å². The van der Waals surface area contributed by atoms with E-state index in [9.17, 15) is 9.90 Å². The fourth-order valence-electron chi connectivity index (χ4n) is 4.23. The van der Waals surface area contributed by atoms with Crippen molar-refractivity contribution in [2.24, 2.45) is 0 Å². The Morgan fingerprint density at radius 1 is 1.21 bits per heavy atom. The fraction of sp³-hybridized carbons (Fsp3) is 0.240. The molecular formula is C25H22ClN3O3S. The third-order valence-corrected chi connectivity index (χ3v) is 7.11. The first-order valence-electron chi connectivity index (χ1n) is 10.6. The quantitative estimate of drug-likeness (QED) is 0.378. The van der Waals surface area contributed by atoms with Gasteiger partial charge in [-0.25, -0.2) is 4.98 Å². The van der Waals surface area contributed by atoms with Gasteiger partial charge in [0.1, 0.15) is 15.8 Å². The Morgan fingerprint density at radius 3 is 2.79 bits per heavy atom. The van der Waals surface area contributed by atoms with Crippen molar-refractivity contribution >= 4 is 39.1 Å². The third kappa shape index (κ3) is 4.08. The summed E-state index contributed by atoms with van der Waals surface area (Å²) in [5.41, 5.74) is 2.57. The molecule has 1 aliphatic heterocycles. The number of fused-ring (bicyclic) bond motifs is 2. The minimum absolute atomic E-state index is 0.172. The lowest BCUT2D eigenvalue weighted by atomic mass is 9.95. The summed E-state index contributed by atoms with van der Waals surface area (Å²) in [4.78, 5) is 22.6. The smallest absolute Gasteiger partial charge is 0.262 e. The van der Waals surface area contributed by atoms with Gasteiger partial charge in [-0.3, -0.25) is 9.78 Å². The number of carbonyl (C=O) groups is 1. The molecular weight excluding hydrogens is 458 g/mol. The molecule has 33 heavy (non-hydrogen) atoms. The minimum atomic E-state index is -1.26. The second-order valence-corrected chi connectivity index (χ2v) is 9.88. The van der Waals surface area contributed by atoms with E-state index in [-0.39, 0.29) is 11.9 Å². The molecule has 0 aliphatic carbocycles. The monoisotopic (exact) mass is 479 g/mol. The van der Waals surface area contributed by atoms with Gasteiger partial charge in [-0.15, -0.1) is 11.3 Å². The van der Waals surface area contributed by atoms with Crippen LogP contribution in [0.3, 0.4) is 0 Å². The van der Waals surface area contributed by atoms with Crippen LogP contribution in [0.5, 0.6) is 5.75 Å². The van der Waals surface area contributed by atoms with Crippen molar-refractivity contribution in [3.8, 4) is 16.9 Å². The molecule has 0 bridgehead atoms. The predicted octanol–water partition coefficient (Wildman–Crippen LogP) is 5.49. The van der Waals surface area contributed by atoms with E-state index in [2.05, 4.69) is 15.3 Å². The molecule has 4 aromatic rings. The Balaban J connectivity index is 1.61. The molecule has 0 unspecified atom stereocenters. The summed E-state index contributed by atoms with van der Waals surface area (Å²) in [6, 6.07) is 13.1.